The molecule has 2 rings (SSSR count). The van der Waals surface area contributed by atoms with Crippen LogP contribution in [-0.4, -0.2) is 17.0 Å². The SMILES string of the molecule is Cl.NC1=NC[C@H]2CCCC[C@H]2S1. The van der Waals surface area contributed by atoms with Crippen LogP contribution in [0.1, 0.15) is 25.7 Å². The molecule has 1 aliphatic heterocycles. The average molecular weight is 207 g/mol. The van der Waals surface area contributed by atoms with Crippen molar-refractivity contribution in [3.63, 3.8) is 0 Å². The van der Waals surface area contributed by atoms with E-state index < -0.39 is 0 Å². The predicted molar refractivity (Wildman–Crippen MR) is 57.1 cm³/mol. The monoisotopic (exact) mass is 206 g/mol. The van der Waals surface area contributed by atoms with Crippen molar-refractivity contribution in [1.29, 1.82) is 0 Å². The summed E-state index contributed by atoms with van der Waals surface area (Å²) in [4.78, 5) is 4.27. The molecule has 0 saturated heterocycles. The molecule has 0 unspecified atom stereocenters. The van der Waals surface area contributed by atoms with Crippen LogP contribution in [0.2, 0.25) is 0 Å². The summed E-state index contributed by atoms with van der Waals surface area (Å²) >= 11 is 1.80. The van der Waals surface area contributed by atoms with Gasteiger partial charge in [-0.05, 0) is 18.8 Å². The molecule has 1 fully saturated rings. The molecule has 2 atom stereocenters. The van der Waals surface area contributed by atoms with Gasteiger partial charge in [-0.15, -0.1) is 12.4 Å². The van der Waals surface area contributed by atoms with Crippen LogP contribution >= 0.6 is 24.2 Å². The second kappa shape index (κ2) is 4.38. The fourth-order valence-corrected chi connectivity index (χ4v) is 3.10. The molecule has 2 aliphatic rings. The maximum absolute atomic E-state index is 5.65. The Morgan fingerprint density at radius 1 is 1.33 bits per heavy atom. The number of hydrogen-bond donors (Lipinski definition) is 1. The van der Waals surface area contributed by atoms with Gasteiger partial charge in [0.25, 0.3) is 0 Å². The Labute approximate surface area is 83.8 Å². The Hall–Kier alpha value is 0.110. The van der Waals surface area contributed by atoms with Crippen LogP contribution in [0.25, 0.3) is 0 Å². The number of aliphatic imine (C=N–C) groups is 1. The Kier molecular flexibility index (Phi) is 3.72. The number of halogens is 1. The number of rotatable bonds is 0. The lowest BCUT2D eigenvalue weighted by Crippen LogP contribution is -2.31. The minimum atomic E-state index is 0. The van der Waals surface area contributed by atoms with Crippen LogP contribution in [0.15, 0.2) is 4.99 Å². The maximum atomic E-state index is 5.65. The number of nitrogens with two attached hydrogens (primary N) is 1. The highest BCUT2D eigenvalue weighted by atomic mass is 35.5. The fraction of sp³-hybridized carbons (Fsp3) is 0.875. The zero-order chi connectivity index (χ0) is 7.68. The molecular weight excluding hydrogens is 192 g/mol. The molecule has 0 amide bonds. The summed E-state index contributed by atoms with van der Waals surface area (Å²) in [6.45, 7) is 0.990. The Bertz CT molecular complexity index is 184. The summed E-state index contributed by atoms with van der Waals surface area (Å²) in [5, 5.41) is 1.61. The number of hydrogen-bond acceptors (Lipinski definition) is 3. The van der Waals surface area contributed by atoms with Gasteiger partial charge >= 0.3 is 0 Å². The molecule has 0 radical (unpaired) electrons. The van der Waals surface area contributed by atoms with Gasteiger partial charge in [0.15, 0.2) is 5.17 Å². The lowest BCUT2D eigenvalue weighted by molar-refractivity contribution is 0.377. The lowest BCUT2D eigenvalue weighted by Gasteiger charge is -2.32. The van der Waals surface area contributed by atoms with Gasteiger partial charge in [0, 0.05) is 11.8 Å². The molecule has 2 nitrogen and oxygen atoms in total. The van der Waals surface area contributed by atoms with E-state index in [-0.39, 0.29) is 12.4 Å². The van der Waals surface area contributed by atoms with Crippen molar-refractivity contribution in [3.05, 3.63) is 0 Å². The van der Waals surface area contributed by atoms with Gasteiger partial charge in [0.05, 0.1) is 0 Å². The van der Waals surface area contributed by atoms with Gasteiger partial charge in [0.1, 0.15) is 0 Å². The van der Waals surface area contributed by atoms with Crippen molar-refractivity contribution in [2.24, 2.45) is 16.6 Å². The van der Waals surface area contributed by atoms with Crippen LogP contribution in [-0.2, 0) is 0 Å². The van der Waals surface area contributed by atoms with E-state index in [1.54, 1.807) is 11.8 Å². The molecule has 4 heteroatoms. The molecule has 1 saturated carbocycles. The molecule has 12 heavy (non-hydrogen) atoms. The van der Waals surface area contributed by atoms with Gasteiger partial charge in [-0.2, -0.15) is 0 Å². The third-order valence-corrected chi connectivity index (χ3v) is 3.89. The first kappa shape index (κ1) is 10.2. The molecule has 0 aromatic carbocycles. The smallest absolute Gasteiger partial charge is 0.154 e. The predicted octanol–water partition coefficient (Wildman–Crippen LogP) is 2.03. The summed E-state index contributed by atoms with van der Waals surface area (Å²) in [6.07, 6.45) is 5.51. The van der Waals surface area contributed by atoms with Crippen LogP contribution in [0.5, 0.6) is 0 Å². The molecule has 1 heterocycles. The first-order chi connectivity index (χ1) is 5.36. The van der Waals surface area contributed by atoms with E-state index in [1.165, 1.54) is 25.7 Å². The molecule has 0 bridgehead atoms. The van der Waals surface area contributed by atoms with Crippen molar-refractivity contribution in [2.45, 2.75) is 30.9 Å². The van der Waals surface area contributed by atoms with Gasteiger partial charge in [0.2, 0.25) is 0 Å². The van der Waals surface area contributed by atoms with E-state index in [0.717, 1.165) is 22.9 Å². The largest absolute Gasteiger partial charge is 0.379 e. The van der Waals surface area contributed by atoms with Crippen LogP contribution in [0, 0.1) is 5.92 Å². The van der Waals surface area contributed by atoms with E-state index in [2.05, 4.69) is 4.99 Å². The van der Waals surface area contributed by atoms with Crippen LogP contribution in [0.4, 0.5) is 0 Å². The van der Waals surface area contributed by atoms with Crippen molar-refractivity contribution in [1.82, 2.24) is 0 Å². The molecular formula is C8H15ClN2S. The summed E-state index contributed by atoms with van der Waals surface area (Å²) in [7, 11) is 0. The number of thioether (sulfide) groups is 1. The topological polar surface area (TPSA) is 38.4 Å². The second-order valence-electron chi connectivity index (χ2n) is 3.38. The standard InChI is InChI=1S/C8H14N2S.ClH/c9-8-10-5-6-3-1-2-4-7(6)11-8;/h6-7H,1-5H2,(H2,9,10);1H/t6-,7-;/m1./s1. The van der Waals surface area contributed by atoms with E-state index in [9.17, 15) is 0 Å². The molecule has 0 aromatic rings. The van der Waals surface area contributed by atoms with Crippen molar-refractivity contribution in [3.8, 4) is 0 Å². The lowest BCUT2D eigenvalue weighted by atomic mass is 9.89. The van der Waals surface area contributed by atoms with Crippen LogP contribution < -0.4 is 5.73 Å². The highest BCUT2D eigenvalue weighted by Crippen LogP contribution is 2.36. The van der Waals surface area contributed by atoms with Crippen molar-refractivity contribution in [2.75, 3.05) is 6.54 Å². The average Bonchev–Trinajstić information content (AvgIpc) is 2.04. The zero-order valence-corrected chi connectivity index (χ0v) is 8.66. The summed E-state index contributed by atoms with van der Waals surface area (Å²) in [5.41, 5.74) is 5.65. The van der Waals surface area contributed by atoms with E-state index in [0.29, 0.717) is 0 Å². The maximum Gasteiger partial charge on any atom is 0.154 e. The third kappa shape index (κ3) is 2.07. The van der Waals surface area contributed by atoms with E-state index in [1.807, 2.05) is 0 Å². The minimum Gasteiger partial charge on any atom is -0.379 e. The molecule has 70 valence electrons. The quantitative estimate of drug-likeness (QED) is 0.659. The number of fused-ring (bicyclic) bond motifs is 1. The first-order valence-electron chi connectivity index (χ1n) is 4.33. The van der Waals surface area contributed by atoms with Crippen molar-refractivity contribution >= 4 is 29.3 Å². The molecule has 1 aliphatic carbocycles. The molecule has 0 aromatic heterocycles. The Morgan fingerprint density at radius 2 is 2.08 bits per heavy atom. The van der Waals surface area contributed by atoms with Gasteiger partial charge in [-0.25, -0.2) is 0 Å². The van der Waals surface area contributed by atoms with E-state index >= 15 is 0 Å². The zero-order valence-electron chi connectivity index (χ0n) is 7.03. The van der Waals surface area contributed by atoms with Crippen LogP contribution in [0.3, 0.4) is 0 Å². The highest BCUT2D eigenvalue weighted by Gasteiger charge is 2.28. The highest BCUT2D eigenvalue weighted by molar-refractivity contribution is 8.14. The van der Waals surface area contributed by atoms with Gasteiger partial charge in [-0.3, -0.25) is 4.99 Å². The van der Waals surface area contributed by atoms with Crippen molar-refractivity contribution < 1.29 is 0 Å². The Balaban J connectivity index is 0.000000720. The third-order valence-electron chi connectivity index (χ3n) is 2.59. The number of amidine groups is 1. The van der Waals surface area contributed by atoms with E-state index in [4.69, 9.17) is 5.73 Å². The minimum absolute atomic E-state index is 0. The summed E-state index contributed by atoms with van der Waals surface area (Å²) < 4.78 is 0. The Morgan fingerprint density at radius 3 is 2.92 bits per heavy atom. The summed E-state index contributed by atoms with van der Waals surface area (Å²) in [6, 6.07) is 0. The first-order valence-corrected chi connectivity index (χ1v) is 5.21. The molecule has 2 N–H and O–H groups in total. The number of nitrogens with zero attached hydrogens (tertiary/aromatic N) is 1. The second-order valence-corrected chi connectivity index (χ2v) is 4.64. The normalized spacial score (nSPS) is 34.5. The summed E-state index contributed by atoms with van der Waals surface area (Å²) in [5.74, 6) is 0.834. The molecule has 0 spiro atoms. The van der Waals surface area contributed by atoms with Gasteiger partial charge in [-0.1, -0.05) is 24.6 Å². The fourth-order valence-electron chi connectivity index (χ4n) is 1.94. The van der Waals surface area contributed by atoms with Gasteiger partial charge < -0.3 is 5.73 Å².